The van der Waals surface area contributed by atoms with E-state index < -0.39 is 35.6 Å². The minimum atomic E-state index is -0.875. The topological polar surface area (TPSA) is 73.9 Å². The molecular formula is C22H34FNO5. The number of carbonyl (C=O) groups is 2. The summed E-state index contributed by atoms with van der Waals surface area (Å²) in [5, 5.41) is 2.48. The smallest absolute Gasteiger partial charge is 0.408 e. The molecular weight excluding hydrogens is 377 g/mol. The summed E-state index contributed by atoms with van der Waals surface area (Å²) >= 11 is 0. The van der Waals surface area contributed by atoms with Gasteiger partial charge in [-0.15, -0.1) is 0 Å². The van der Waals surface area contributed by atoms with Crippen LogP contribution in [0.1, 0.15) is 66.4 Å². The zero-order chi connectivity index (χ0) is 22.4. The van der Waals surface area contributed by atoms with E-state index in [2.05, 4.69) is 5.32 Å². The highest BCUT2D eigenvalue weighted by Gasteiger charge is 2.31. The van der Waals surface area contributed by atoms with Crippen molar-refractivity contribution >= 4 is 12.1 Å². The molecule has 1 N–H and O–H groups in total. The molecule has 1 rings (SSSR count). The number of carbonyl (C=O) groups excluding carboxylic acids is 2. The average molecular weight is 412 g/mol. The maximum atomic E-state index is 13.6. The summed E-state index contributed by atoms with van der Waals surface area (Å²) in [7, 11) is 1.48. The Morgan fingerprint density at radius 2 is 1.79 bits per heavy atom. The Bertz CT molecular complexity index is 701. The number of methoxy groups -OCH3 is 1. The first kappa shape index (κ1) is 24.7. The van der Waals surface area contributed by atoms with Crippen LogP contribution in [0.4, 0.5) is 9.18 Å². The third-order valence-electron chi connectivity index (χ3n) is 4.71. The second-order valence-electron chi connectivity index (χ2n) is 8.31. The third kappa shape index (κ3) is 7.55. The lowest BCUT2D eigenvalue weighted by atomic mass is 9.81. The molecule has 0 saturated heterocycles. The van der Waals surface area contributed by atoms with Gasteiger partial charge in [0.2, 0.25) is 0 Å². The number of alkyl carbamates (subject to hydrolysis) is 1. The van der Waals surface area contributed by atoms with Crippen molar-refractivity contribution in [1.29, 1.82) is 0 Å². The van der Waals surface area contributed by atoms with E-state index in [-0.39, 0.29) is 11.8 Å². The lowest BCUT2D eigenvalue weighted by Crippen LogP contribution is -2.43. The van der Waals surface area contributed by atoms with Crippen molar-refractivity contribution in [2.75, 3.05) is 7.11 Å². The van der Waals surface area contributed by atoms with Crippen LogP contribution in [0.5, 0.6) is 5.75 Å². The van der Waals surface area contributed by atoms with Gasteiger partial charge in [0, 0.05) is 17.5 Å². The number of amides is 1. The Labute approximate surface area is 173 Å². The Morgan fingerprint density at radius 3 is 2.31 bits per heavy atom. The van der Waals surface area contributed by atoms with Crippen LogP contribution in [0.25, 0.3) is 0 Å². The average Bonchev–Trinajstić information content (AvgIpc) is 2.60. The van der Waals surface area contributed by atoms with Crippen LogP contribution in [0.15, 0.2) is 18.2 Å². The number of esters is 1. The molecule has 1 amide bonds. The van der Waals surface area contributed by atoms with E-state index in [9.17, 15) is 14.0 Å². The summed E-state index contributed by atoms with van der Waals surface area (Å²) in [6.45, 7) is 12.6. The molecule has 1 aromatic rings. The number of halogens is 1. The van der Waals surface area contributed by atoms with E-state index in [1.165, 1.54) is 26.2 Å². The van der Waals surface area contributed by atoms with E-state index in [1.807, 2.05) is 13.8 Å². The molecule has 0 radical (unpaired) electrons. The van der Waals surface area contributed by atoms with E-state index in [4.69, 9.17) is 14.2 Å². The van der Waals surface area contributed by atoms with Crippen LogP contribution >= 0.6 is 0 Å². The lowest BCUT2D eigenvalue weighted by Gasteiger charge is -2.31. The quantitative estimate of drug-likeness (QED) is 0.622. The molecule has 0 aliphatic rings. The summed E-state index contributed by atoms with van der Waals surface area (Å²) < 4.78 is 29.8. The Morgan fingerprint density at radius 1 is 1.17 bits per heavy atom. The molecule has 0 heterocycles. The van der Waals surface area contributed by atoms with E-state index >= 15 is 0 Å². The van der Waals surface area contributed by atoms with E-state index in [0.29, 0.717) is 5.75 Å². The minimum absolute atomic E-state index is 0.145. The molecule has 4 atom stereocenters. The monoisotopic (exact) mass is 411 g/mol. The lowest BCUT2D eigenvalue weighted by molar-refractivity contribution is -0.152. The van der Waals surface area contributed by atoms with Crippen molar-refractivity contribution in [3.8, 4) is 5.75 Å². The van der Waals surface area contributed by atoms with Gasteiger partial charge >= 0.3 is 12.1 Å². The zero-order valence-corrected chi connectivity index (χ0v) is 18.7. The summed E-state index contributed by atoms with van der Waals surface area (Å²) in [6, 6.07) is 3.48. The number of ether oxygens (including phenoxy) is 3. The predicted octanol–water partition coefficient (Wildman–Crippen LogP) is 4.81. The van der Waals surface area contributed by atoms with Gasteiger partial charge in [0.15, 0.2) is 0 Å². The molecule has 29 heavy (non-hydrogen) atoms. The van der Waals surface area contributed by atoms with Crippen molar-refractivity contribution in [1.82, 2.24) is 5.32 Å². The van der Waals surface area contributed by atoms with Gasteiger partial charge in [-0.05, 0) is 46.6 Å². The second-order valence-corrected chi connectivity index (χ2v) is 8.31. The van der Waals surface area contributed by atoms with Crippen LogP contribution < -0.4 is 10.1 Å². The van der Waals surface area contributed by atoms with Crippen molar-refractivity contribution in [2.45, 2.75) is 78.6 Å². The highest BCUT2D eigenvalue weighted by molar-refractivity contribution is 5.81. The minimum Gasteiger partial charge on any atom is -0.496 e. The molecule has 0 aromatic heterocycles. The highest BCUT2D eigenvalue weighted by Crippen LogP contribution is 2.37. The van der Waals surface area contributed by atoms with Crippen molar-refractivity contribution in [2.24, 2.45) is 5.92 Å². The van der Waals surface area contributed by atoms with Crippen LogP contribution in [-0.4, -0.2) is 36.9 Å². The fourth-order valence-electron chi connectivity index (χ4n) is 3.14. The highest BCUT2D eigenvalue weighted by atomic mass is 19.1. The van der Waals surface area contributed by atoms with Crippen molar-refractivity contribution in [3.63, 3.8) is 0 Å². The van der Waals surface area contributed by atoms with Gasteiger partial charge in [-0.1, -0.05) is 26.3 Å². The third-order valence-corrected chi connectivity index (χ3v) is 4.71. The van der Waals surface area contributed by atoms with Crippen LogP contribution in [-0.2, 0) is 14.3 Å². The maximum Gasteiger partial charge on any atom is 0.408 e. The SMILES string of the molecule is CCC(C)[C@@H](c1ccc(F)cc1OC)[C@H](C)OC(=O)[C@H](C)NC(=O)OC(C)(C)C. The zero-order valence-electron chi connectivity index (χ0n) is 18.7. The Balaban J connectivity index is 2.95. The van der Waals surface area contributed by atoms with Crippen molar-refractivity contribution in [3.05, 3.63) is 29.6 Å². The summed E-state index contributed by atoms with van der Waals surface area (Å²) in [6.07, 6.45) is -0.369. The van der Waals surface area contributed by atoms with Gasteiger partial charge < -0.3 is 19.5 Å². The number of benzene rings is 1. The molecule has 164 valence electrons. The first-order chi connectivity index (χ1) is 13.4. The van der Waals surface area contributed by atoms with Gasteiger partial charge in [-0.3, -0.25) is 0 Å². The van der Waals surface area contributed by atoms with E-state index in [1.54, 1.807) is 33.8 Å². The first-order valence-corrected chi connectivity index (χ1v) is 9.93. The number of hydrogen-bond acceptors (Lipinski definition) is 5. The molecule has 0 aliphatic heterocycles. The van der Waals surface area contributed by atoms with Gasteiger partial charge in [0.25, 0.3) is 0 Å². The fraction of sp³-hybridized carbons (Fsp3) is 0.636. The van der Waals surface area contributed by atoms with Crippen LogP contribution in [0, 0.1) is 11.7 Å². The van der Waals surface area contributed by atoms with Gasteiger partial charge in [0.1, 0.15) is 29.3 Å². The number of hydrogen-bond donors (Lipinski definition) is 1. The Hall–Kier alpha value is -2.31. The van der Waals surface area contributed by atoms with Gasteiger partial charge in [-0.25, -0.2) is 14.0 Å². The second kappa shape index (κ2) is 10.5. The summed E-state index contributed by atoms with van der Waals surface area (Å²) in [4.78, 5) is 24.4. The fourth-order valence-corrected chi connectivity index (χ4v) is 3.14. The first-order valence-electron chi connectivity index (χ1n) is 9.93. The molecule has 0 bridgehead atoms. The largest absolute Gasteiger partial charge is 0.496 e. The molecule has 7 heteroatoms. The van der Waals surface area contributed by atoms with E-state index in [0.717, 1.165) is 12.0 Å². The van der Waals surface area contributed by atoms with Gasteiger partial charge in [0.05, 0.1) is 7.11 Å². The number of nitrogens with one attached hydrogen (secondary N) is 1. The standard InChI is InChI=1S/C22H34FNO5/c1-9-13(2)19(17-11-10-16(23)12-18(17)27-8)15(4)28-20(25)14(3)24-21(26)29-22(5,6)7/h10-15,19H,9H2,1-8H3,(H,24,26)/t13?,14-,15-,19+/m0/s1. The van der Waals surface area contributed by atoms with Crippen molar-refractivity contribution < 1.29 is 28.2 Å². The molecule has 0 saturated carbocycles. The van der Waals surface area contributed by atoms with Crippen LogP contribution in [0.3, 0.4) is 0 Å². The van der Waals surface area contributed by atoms with Crippen LogP contribution in [0.2, 0.25) is 0 Å². The molecule has 1 aromatic carbocycles. The Kier molecular flexibility index (Phi) is 8.92. The maximum absolute atomic E-state index is 13.6. The molecule has 0 fully saturated rings. The summed E-state index contributed by atoms with van der Waals surface area (Å²) in [5.41, 5.74) is 0.109. The van der Waals surface area contributed by atoms with Gasteiger partial charge in [-0.2, -0.15) is 0 Å². The summed E-state index contributed by atoms with van der Waals surface area (Å²) in [5.74, 6) is -0.608. The predicted molar refractivity (Wildman–Crippen MR) is 110 cm³/mol. The normalized spacial score (nSPS) is 15.6. The molecule has 1 unspecified atom stereocenters. The molecule has 6 nitrogen and oxygen atoms in total. The molecule has 0 aliphatic carbocycles. The number of rotatable bonds is 8. The molecule has 0 spiro atoms.